The van der Waals surface area contributed by atoms with Gasteiger partial charge in [0.1, 0.15) is 11.7 Å². The molecule has 0 aromatic rings. The molecule has 0 aromatic carbocycles. The Labute approximate surface area is 88.7 Å². The van der Waals surface area contributed by atoms with Gasteiger partial charge in [0.05, 0.1) is 7.11 Å². The largest absolute Gasteiger partial charge is 0.500 e. The monoisotopic (exact) mass is 206 g/mol. The van der Waals surface area contributed by atoms with Crippen molar-refractivity contribution in [2.24, 2.45) is 5.92 Å². The molecule has 0 saturated carbocycles. The first-order valence-electron chi connectivity index (χ1n) is 5.06. The van der Waals surface area contributed by atoms with Crippen molar-refractivity contribution in [1.82, 2.24) is 0 Å². The van der Waals surface area contributed by atoms with Gasteiger partial charge in [0, 0.05) is 0 Å². The van der Waals surface area contributed by atoms with Crippen LogP contribution in [0, 0.1) is 5.92 Å². The van der Waals surface area contributed by atoms with Gasteiger partial charge in [-0.15, -0.1) is 0 Å². The van der Waals surface area contributed by atoms with Crippen molar-refractivity contribution in [3.05, 3.63) is 35.1 Å². The number of hydrogen-bond donors (Lipinski definition) is 1. The van der Waals surface area contributed by atoms with Crippen molar-refractivity contribution in [2.75, 3.05) is 7.11 Å². The fourth-order valence-corrected chi connectivity index (χ4v) is 2.23. The van der Waals surface area contributed by atoms with E-state index in [1.54, 1.807) is 0 Å². The highest BCUT2D eigenvalue weighted by Crippen LogP contribution is 2.37. The number of allylic oxidation sites excluding steroid dienone is 4. The number of aliphatic carboxylic acids is 1. The molecular weight excluding hydrogens is 192 g/mol. The van der Waals surface area contributed by atoms with E-state index in [1.165, 1.54) is 12.7 Å². The summed E-state index contributed by atoms with van der Waals surface area (Å²) in [4.78, 5) is 11.2. The van der Waals surface area contributed by atoms with Crippen LogP contribution in [0.5, 0.6) is 0 Å². The van der Waals surface area contributed by atoms with Crippen LogP contribution in [-0.2, 0) is 9.53 Å². The minimum atomic E-state index is -0.814. The van der Waals surface area contributed by atoms with E-state index in [-0.39, 0.29) is 0 Å². The van der Waals surface area contributed by atoms with E-state index in [4.69, 9.17) is 4.74 Å². The van der Waals surface area contributed by atoms with Crippen LogP contribution in [0.1, 0.15) is 19.3 Å². The predicted molar refractivity (Wildman–Crippen MR) is 56.2 cm³/mol. The maximum Gasteiger partial charge on any atom is 0.318 e. The summed E-state index contributed by atoms with van der Waals surface area (Å²) < 4.78 is 5.14. The molecule has 0 aliphatic heterocycles. The normalized spacial score (nSPS) is 24.6. The lowest BCUT2D eigenvalue weighted by molar-refractivity contribution is -0.140. The van der Waals surface area contributed by atoms with Gasteiger partial charge in [-0.1, -0.05) is 17.7 Å². The fraction of sp³-hybridized carbons (Fsp3) is 0.417. The molecule has 0 aromatic heterocycles. The van der Waals surface area contributed by atoms with Gasteiger partial charge in [0.25, 0.3) is 0 Å². The van der Waals surface area contributed by atoms with Gasteiger partial charge in [0.2, 0.25) is 0 Å². The van der Waals surface area contributed by atoms with E-state index in [2.05, 4.69) is 6.08 Å². The van der Waals surface area contributed by atoms with Gasteiger partial charge in [-0.2, -0.15) is 0 Å². The first-order chi connectivity index (χ1) is 7.24. The van der Waals surface area contributed by atoms with Crippen LogP contribution in [0.2, 0.25) is 0 Å². The standard InChI is InChI=1S/C12H14O3/c1-15-10-7-6-8-4-2-3-5-9(8)11(10)12(13)14/h2-3,7,11H,4-6H2,1H3,(H,13,14). The summed E-state index contributed by atoms with van der Waals surface area (Å²) in [7, 11) is 1.53. The molecule has 1 unspecified atom stereocenters. The van der Waals surface area contributed by atoms with Crippen molar-refractivity contribution in [2.45, 2.75) is 19.3 Å². The number of carbonyl (C=O) groups is 1. The number of rotatable bonds is 2. The molecule has 0 spiro atoms. The third kappa shape index (κ3) is 1.69. The molecule has 0 amide bonds. The fourth-order valence-electron chi connectivity index (χ4n) is 2.23. The molecule has 0 bridgehead atoms. The Morgan fingerprint density at radius 1 is 1.40 bits per heavy atom. The highest BCUT2D eigenvalue weighted by Gasteiger charge is 2.32. The molecule has 2 rings (SSSR count). The Morgan fingerprint density at radius 2 is 2.13 bits per heavy atom. The van der Waals surface area contributed by atoms with Crippen LogP contribution in [0.25, 0.3) is 0 Å². The van der Waals surface area contributed by atoms with Crippen molar-refractivity contribution in [3.63, 3.8) is 0 Å². The molecule has 0 saturated heterocycles. The van der Waals surface area contributed by atoms with E-state index in [0.29, 0.717) is 5.76 Å². The van der Waals surface area contributed by atoms with E-state index in [1.807, 2.05) is 12.2 Å². The molecule has 80 valence electrons. The Balaban J connectivity index is 2.34. The molecule has 0 fully saturated rings. The van der Waals surface area contributed by atoms with E-state index in [0.717, 1.165) is 24.8 Å². The van der Waals surface area contributed by atoms with Crippen LogP contribution in [-0.4, -0.2) is 18.2 Å². The second-order valence-corrected chi connectivity index (χ2v) is 3.79. The van der Waals surface area contributed by atoms with Crippen LogP contribution >= 0.6 is 0 Å². The summed E-state index contributed by atoms with van der Waals surface area (Å²) in [5, 5.41) is 9.20. The smallest absolute Gasteiger partial charge is 0.318 e. The Hall–Kier alpha value is -1.51. The van der Waals surface area contributed by atoms with Crippen LogP contribution < -0.4 is 0 Å². The number of carboxylic acids is 1. The molecule has 1 atom stereocenters. The Morgan fingerprint density at radius 3 is 2.80 bits per heavy atom. The molecule has 2 aliphatic rings. The van der Waals surface area contributed by atoms with Crippen molar-refractivity contribution < 1.29 is 14.6 Å². The third-order valence-electron chi connectivity index (χ3n) is 2.99. The van der Waals surface area contributed by atoms with E-state index < -0.39 is 11.9 Å². The zero-order valence-electron chi connectivity index (χ0n) is 8.69. The zero-order chi connectivity index (χ0) is 10.8. The van der Waals surface area contributed by atoms with E-state index in [9.17, 15) is 9.90 Å². The van der Waals surface area contributed by atoms with E-state index >= 15 is 0 Å². The summed E-state index contributed by atoms with van der Waals surface area (Å²) in [6.45, 7) is 0. The van der Waals surface area contributed by atoms with Gasteiger partial charge in [-0.25, -0.2) is 0 Å². The lowest BCUT2D eigenvalue weighted by Crippen LogP contribution is -2.24. The maximum atomic E-state index is 11.2. The summed E-state index contributed by atoms with van der Waals surface area (Å²) in [6.07, 6.45) is 8.47. The zero-order valence-corrected chi connectivity index (χ0v) is 8.69. The minimum Gasteiger partial charge on any atom is -0.500 e. The Bertz CT molecular complexity index is 374. The van der Waals surface area contributed by atoms with Crippen LogP contribution in [0.4, 0.5) is 0 Å². The molecular formula is C12H14O3. The lowest BCUT2D eigenvalue weighted by Gasteiger charge is -2.27. The topological polar surface area (TPSA) is 46.5 Å². The molecule has 15 heavy (non-hydrogen) atoms. The first kappa shape index (κ1) is 10.0. The number of carboxylic acid groups (broad SMARTS) is 1. The van der Waals surface area contributed by atoms with Crippen LogP contribution in [0.3, 0.4) is 0 Å². The lowest BCUT2D eigenvalue weighted by atomic mass is 9.81. The maximum absolute atomic E-state index is 11.2. The second-order valence-electron chi connectivity index (χ2n) is 3.79. The molecule has 2 aliphatic carbocycles. The van der Waals surface area contributed by atoms with Gasteiger partial charge >= 0.3 is 5.97 Å². The predicted octanol–water partition coefficient (Wildman–Crippen LogP) is 2.27. The van der Waals surface area contributed by atoms with Crippen molar-refractivity contribution >= 4 is 5.97 Å². The highest BCUT2D eigenvalue weighted by molar-refractivity contribution is 5.78. The summed E-state index contributed by atoms with van der Waals surface area (Å²) >= 11 is 0. The number of hydrogen-bond acceptors (Lipinski definition) is 2. The average molecular weight is 206 g/mol. The minimum absolute atomic E-state index is 0.566. The summed E-state index contributed by atoms with van der Waals surface area (Å²) in [6, 6.07) is 0. The van der Waals surface area contributed by atoms with Gasteiger partial charge in [0.15, 0.2) is 0 Å². The average Bonchev–Trinajstić information content (AvgIpc) is 2.27. The van der Waals surface area contributed by atoms with Crippen molar-refractivity contribution in [1.29, 1.82) is 0 Å². The first-order valence-corrected chi connectivity index (χ1v) is 5.06. The quantitative estimate of drug-likeness (QED) is 0.705. The molecule has 3 nitrogen and oxygen atoms in total. The molecule has 0 radical (unpaired) electrons. The summed E-state index contributed by atoms with van der Waals surface area (Å²) in [5.74, 6) is -0.800. The SMILES string of the molecule is COC1=CCC2=C(CC=CC2)C1C(=O)O. The number of ether oxygens (including phenoxy) is 1. The van der Waals surface area contributed by atoms with Gasteiger partial charge in [-0.05, 0) is 30.9 Å². The van der Waals surface area contributed by atoms with Gasteiger partial charge < -0.3 is 9.84 Å². The third-order valence-corrected chi connectivity index (χ3v) is 2.99. The van der Waals surface area contributed by atoms with Crippen molar-refractivity contribution in [3.8, 4) is 0 Å². The van der Waals surface area contributed by atoms with Gasteiger partial charge in [-0.3, -0.25) is 4.79 Å². The van der Waals surface area contributed by atoms with Crippen LogP contribution in [0.15, 0.2) is 35.1 Å². The number of methoxy groups -OCH3 is 1. The molecule has 1 N–H and O–H groups in total. The molecule has 3 heteroatoms. The molecule has 0 heterocycles. The Kier molecular flexibility index (Phi) is 2.62. The highest BCUT2D eigenvalue weighted by atomic mass is 16.5. The summed E-state index contributed by atoms with van der Waals surface area (Å²) in [5.41, 5.74) is 2.26. The second kappa shape index (κ2) is 3.93.